The summed E-state index contributed by atoms with van der Waals surface area (Å²) in [5.41, 5.74) is 7.17. The molecule has 36 heavy (non-hydrogen) atoms. The lowest BCUT2D eigenvalue weighted by atomic mass is 9.86. The summed E-state index contributed by atoms with van der Waals surface area (Å²) >= 11 is 0. The highest BCUT2D eigenvalue weighted by atomic mass is 14.2. The Balaban J connectivity index is 1.52. The molecule has 0 saturated carbocycles. The van der Waals surface area contributed by atoms with Crippen LogP contribution < -0.4 is 0 Å². The van der Waals surface area contributed by atoms with Crippen molar-refractivity contribution < 1.29 is 0 Å². The highest BCUT2D eigenvalue weighted by molar-refractivity contribution is 6.27. The summed E-state index contributed by atoms with van der Waals surface area (Å²) in [5, 5.41) is 10.3. The molecule has 0 radical (unpaired) electrons. The Bertz CT molecular complexity index is 1970. The number of rotatable bonds is 4. The van der Waals surface area contributed by atoms with Gasteiger partial charge in [-0.15, -0.1) is 0 Å². The van der Waals surface area contributed by atoms with E-state index in [2.05, 4.69) is 122 Å². The lowest BCUT2D eigenvalue weighted by Crippen LogP contribution is -1.90. The van der Waals surface area contributed by atoms with E-state index in [1.54, 1.807) is 0 Å². The Hall–Kier alpha value is -4.68. The third-order valence-electron chi connectivity index (χ3n) is 7.56. The number of hydrogen-bond donors (Lipinski definition) is 0. The number of fused-ring (bicyclic) bond motifs is 1. The van der Waals surface area contributed by atoms with Crippen molar-refractivity contribution in [2.24, 2.45) is 0 Å². The van der Waals surface area contributed by atoms with E-state index >= 15 is 0 Å². The minimum atomic E-state index is 1.10. The van der Waals surface area contributed by atoms with Gasteiger partial charge in [-0.1, -0.05) is 122 Å². The molecule has 0 amide bonds. The van der Waals surface area contributed by atoms with Crippen LogP contribution in [-0.2, 0) is 0 Å². The quantitative estimate of drug-likeness (QED) is 0.231. The molecule has 7 rings (SSSR count). The molecule has 0 N–H and O–H groups in total. The van der Waals surface area contributed by atoms with Gasteiger partial charge < -0.3 is 0 Å². The largest absolute Gasteiger partial charge is 0.0984 e. The molecule has 0 atom stereocenters. The molecule has 168 valence electrons. The predicted octanol–water partition coefficient (Wildman–Crippen LogP) is 10.4. The van der Waals surface area contributed by atoms with Crippen molar-refractivity contribution in [3.05, 3.63) is 133 Å². The molecule has 0 heteroatoms. The molecule has 0 aliphatic heterocycles. The molecule has 0 unspecified atom stereocenters. The summed E-state index contributed by atoms with van der Waals surface area (Å²) in [5.74, 6) is 0. The minimum Gasteiger partial charge on any atom is -0.0984 e. The maximum Gasteiger partial charge on any atom is -0.00203 e. The van der Waals surface area contributed by atoms with Gasteiger partial charge in [0, 0.05) is 0 Å². The standard InChI is InChI=1S/C36H24/c1-3-23-9-11-29(21-24(23)4-2)31-17-13-26-16-20-34-32(18-14-27-15-19-33(31)35(26)36(27)34)30-12-10-25-7-5-6-8-28(25)22-30/h3-22H,1-2H2. The van der Waals surface area contributed by atoms with Gasteiger partial charge in [0.15, 0.2) is 0 Å². The van der Waals surface area contributed by atoms with Crippen LogP contribution in [0.15, 0.2) is 122 Å². The fraction of sp³-hybridized carbons (Fsp3) is 0. The third-order valence-corrected chi connectivity index (χ3v) is 7.56. The van der Waals surface area contributed by atoms with Crippen molar-refractivity contribution in [2.75, 3.05) is 0 Å². The Kier molecular flexibility index (Phi) is 4.56. The molecule has 0 saturated heterocycles. The van der Waals surface area contributed by atoms with Gasteiger partial charge in [-0.05, 0) is 88.6 Å². The lowest BCUT2D eigenvalue weighted by Gasteiger charge is -2.17. The number of hydrogen-bond acceptors (Lipinski definition) is 0. The zero-order valence-electron chi connectivity index (χ0n) is 20.0. The first-order chi connectivity index (χ1) is 17.7. The first kappa shape index (κ1) is 20.7. The SMILES string of the molecule is C=Cc1ccc(-c2ccc3ccc4c(-c5ccc6ccccc6c5)ccc5ccc2c3c54)cc1C=C. The van der Waals surface area contributed by atoms with Crippen molar-refractivity contribution in [3.63, 3.8) is 0 Å². The molecule has 0 bridgehead atoms. The topological polar surface area (TPSA) is 0 Å². The summed E-state index contributed by atoms with van der Waals surface area (Å²) in [6.45, 7) is 7.96. The van der Waals surface area contributed by atoms with Crippen LogP contribution in [0, 0.1) is 0 Å². The fourth-order valence-corrected chi connectivity index (χ4v) is 5.77. The molecule has 7 aromatic carbocycles. The van der Waals surface area contributed by atoms with Crippen LogP contribution in [0.5, 0.6) is 0 Å². The Labute approximate surface area is 210 Å². The molecule has 0 fully saturated rings. The Morgan fingerprint density at radius 2 is 0.944 bits per heavy atom. The van der Waals surface area contributed by atoms with Gasteiger partial charge in [0.2, 0.25) is 0 Å². The van der Waals surface area contributed by atoms with E-state index in [4.69, 9.17) is 0 Å². The van der Waals surface area contributed by atoms with Crippen molar-refractivity contribution in [3.8, 4) is 22.3 Å². The summed E-state index contributed by atoms with van der Waals surface area (Å²) < 4.78 is 0. The average molecular weight is 457 g/mol. The van der Waals surface area contributed by atoms with Gasteiger partial charge in [0.1, 0.15) is 0 Å². The second-order valence-corrected chi connectivity index (χ2v) is 9.46. The molecule has 0 heterocycles. The molecule has 0 aliphatic carbocycles. The van der Waals surface area contributed by atoms with E-state index in [-0.39, 0.29) is 0 Å². The molecule has 0 aromatic heterocycles. The summed E-state index contributed by atoms with van der Waals surface area (Å²) in [6, 6.07) is 40.1. The van der Waals surface area contributed by atoms with Crippen LogP contribution in [0.1, 0.15) is 11.1 Å². The van der Waals surface area contributed by atoms with Crippen LogP contribution in [-0.4, -0.2) is 0 Å². The summed E-state index contributed by atoms with van der Waals surface area (Å²) in [6.07, 6.45) is 3.80. The minimum absolute atomic E-state index is 1.10. The molecule has 0 aliphatic rings. The molecule has 0 spiro atoms. The molecular weight excluding hydrogens is 432 g/mol. The maximum absolute atomic E-state index is 4.01. The zero-order chi connectivity index (χ0) is 24.2. The first-order valence-electron chi connectivity index (χ1n) is 12.3. The zero-order valence-corrected chi connectivity index (χ0v) is 20.0. The third kappa shape index (κ3) is 3.01. The second-order valence-electron chi connectivity index (χ2n) is 9.46. The smallest absolute Gasteiger partial charge is 0.00203 e. The van der Waals surface area contributed by atoms with Crippen LogP contribution >= 0.6 is 0 Å². The molecule has 0 nitrogen and oxygen atoms in total. The summed E-state index contributed by atoms with van der Waals surface area (Å²) in [7, 11) is 0. The van der Waals surface area contributed by atoms with Crippen LogP contribution in [0.3, 0.4) is 0 Å². The normalized spacial score (nSPS) is 11.6. The predicted molar refractivity (Wildman–Crippen MR) is 159 cm³/mol. The van der Waals surface area contributed by atoms with Gasteiger partial charge >= 0.3 is 0 Å². The van der Waals surface area contributed by atoms with Crippen molar-refractivity contribution in [1.82, 2.24) is 0 Å². The van der Waals surface area contributed by atoms with Crippen molar-refractivity contribution in [1.29, 1.82) is 0 Å². The average Bonchev–Trinajstić information content (AvgIpc) is 2.95. The first-order valence-corrected chi connectivity index (χ1v) is 12.3. The number of benzene rings is 7. The second kappa shape index (κ2) is 7.93. The van der Waals surface area contributed by atoms with E-state index in [9.17, 15) is 0 Å². The van der Waals surface area contributed by atoms with Crippen LogP contribution in [0.2, 0.25) is 0 Å². The van der Waals surface area contributed by atoms with Gasteiger partial charge in [0.25, 0.3) is 0 Å². The van der Waals surface area contributed by atoms with Crippen molar-refractivity contribution in [2.45, 2.75) is 0 Å². The highest BCUT2D eigenvalue weighted by Crippen LogP contribution is 2.42. The van der Waals surface area contributed by atoms with Crippen molar-refractivity contribution >= 4 is 55.2 Å². The van der Waals surface area contributed by atoms with Gasteiger partial charge in [-0.3, -0.25) is 0 Å². The molecular formula is C36H24. The highest BCUT2D eigenvalue weighted by Gasteiger charge is 2.15. The maximum atomic E-state index is 4.01. The van der Waals surface area contributed by atoms with E-state index in [1.807, 2.05) is 12.2 Å². The van der Waals surface area contributed by atoms with E-state index < -0.39 is 0 Å². The Morgan fingerprint density at radius 1 is 0.417 bits per heavy atom. The van der Waals surface area contributed by atoms with Gasteiger partial charge in [-0.2, -0.15) is 0 Å². The van der Waals surface area contributed by atoms with Gasteiger partial charge in [-0.25, -0.2) is 0 Å². The fourth-order valence-electron chi connectivity index (χ4n) is 5.77. The van der Waals surface area contributed by atoms with Crippen LogP contribution in [0.25, 0.3) is 77.5 Å². The Morgan fingerprint density at radius 3 is 1.58 bits per heavy atom. The van der Waals surface area contributed by atoms with E-state index in [0.29, 0.717) is 0 Å². The monoisotopic (exact) mass is 456 g/mol. The van der Waals surface area contributed by atoms with Crippen LogP contribution in [0.4, 0.5) is 0 Å². The molecule has 7 aromatic rings. The lowest BCUT2D eigenvalue weighted by molar-refractivity contribution is 1.60. The van der Waals surface area contributed by atoms with Gasteiger partial charge in [0.05, 0.1) is 0 Å². The van der Waals surface area contributed by atoms with E-state index in [1.165, 1.54) is 65.3 Å². The van der Waals surface area contributed by atoms with E-state index in [0.717, 1.165) is 11.1 Å². The summed E-state index contributed by atoms with van der Waals surface area (Å²) in [4.78, 5) is 0.